The number of aliphatic hydroxyl groups is 4. The van der Waals surface area contributed by atoms with Gasteiger partial charge in [0, 0.05) is 24.2 Å². The molecule has 1 unspecified atom stereocenters. The Balaban J connectivity index is 0.000000211. The summed E-state index contributed by atoms with van der Waals surface area (Å²) in [4.78, 5) is 0. The van der Waals surface area contributed by atoms with Crippen molar-refractivity contribution in [2.24, 2.45) is 11.3 Å². The Kier molecular flexibility index (Phi) is 6.66. The van der Waals surface area contributed by atoms with Crippen molar-refractivity contribution in [1.29, 1.82) is 0 Å². The highest BCUT2D eigenvalue weighted by atomic mass is 16.5. The molecule has 2 aliphatic rings. The fraction of sp³-hybridized carbons (Fsp3) is 1.00. The Labute approximate surface area is 129 Å². The van der Waals surface area contributed by atoms with Crippen LogP contribution in [0.25, 0.3) is 0 Å². The molecule has 0 saturated heterocycles. The zero-order chi connectivity index (χ0) is 16.1. The Morgan fingerprint density at radius 3 is 1.90 bits per heavy atom. The second kappa shape index (κ2) is 7.40. The van der Waals surface area contributed by atoms with Crippen LogP contribution < -0.4 is 0 Å². The standard InChI is InChI=1S/C9H18O2.C8H16O2/c1-8(2)6-4-3-5-7-9(8,10)11;1-7-5-3-2-4-6-8(7,9)10/h10-11H,3-7H2,1-2H3;7,9-10H,2-6H2,1H3. The normalized spacial score (nSPS) is 31.3. The summed E-state index contributed by atoms with van der Waals surface area (Å²) < 4.78 is 0. The van der Waals surface area contributed by atoms with Crippen molar-refractivity contribution in [2.45, 2.75) is 96.6 Å². The van der Waals surface area contributed by atoms with Crippen LogP contribution in [0.4, 0.5) is 0 Å². The van der Waals surface area contributed by atoms with E-state index >= 15 is 0 Å². The van der Waals surface area contributed by atoms with Crippen LogP contribution in [-0.2, 0) is 0 Å². The minimum absolute atomic E-state index is 0.0509. The Bertz CT molecular complexity index is 294. The van der Waals surface area contributed by atoms with Gasteiger partial charge < -0.3 is 20.4 Å². The molecular formula is C17H34O4. The first-order valence-corrected chi connectivity index (χ1v) is 8.48. The van der Waals surface area contributed by atoms with E-state index in [2.05, 4.69) is 0 Å². The summed E-state index contributed by atoms with van der Waals surface area (Å²) in [7, 11) is 0. The molecule has 4 heteroatoms. The molecular weight excluding hydrogens is 268 g/mol. The Morgan fingerprint density at radius 1 is 0.714 bits per heavy atom. The first-order chi connectivity index (χ1) is 9.58. The third kappa shape index (κ3) is 5.51. The molecule has 0 spiro atoms. The van der Waals surface area contributed by atoms with Crippen LogP contribution in [0.15, 0.2) is 0 Å². The smallest absolute Gasteiger partial charge is 0.167 e. The molecule has 4 nitrogen and oxygen atoms in total. The largest absolute Gasteiger partial charge is 0.365 e. The fourth-order valence-electron chi connectivity index (χ4n) is 3.14. The van der Waals surface area contributed by atoms with Crippen molar-refractivity contribution in [3.8, 4) is 0 Å². The molecule has 2 saturated carbocycles. The van der Waals surface area contributed by atoms with Crippen molar-refractivity contribution in [2.75, 3.05) is 0 Å². The van der Waals surface area contributed by atoms with Gasteiger partial charge in [0.1, 0.15) is 0 Å². The maximum Gasteiger partial charge on any atom is 0.167 e. The van der Waals surface area contributed by atoms with E-state index < -0.39 is 11.6 Å². The quantitative estimate of drug-likeness (QED) is 0.410. The summed E-state index contributed by atoms with van der Waals surface area (Å²) in [6, 6.07) is 0. The van der Waals surface area contributed by atoms with E-state index in [9.17, 15) is 20.4 Å². The van der Waals surface area contributed by atoms with Gasteiger partial charge in [-0.15, -0.1) is 0 Å². The van der Waals surface area contributed by atoms with Crippen LogP contribution in [0, 0.1) is 11.3 Å². The van der Waals surface area contributed by atoms with Crippen molar-refractivity contribution >= 4 is 0 Å². The molecule has 4 N–H and O–H groups in total. The van der Waals surface area contributed by atoms with E-state index in [0.29, 0.717) is 12.8 Å². The molecule has 0 amide bonds. The highest BCUT2D eigenvalue weighted by Gasteiger charge is 2.41. The number of hydrogen-bond donors (Lipinski definition) is 4. The summed E-state index contributed by atoms with van der Waals surface area (Å²) in [5.41, 5.74) is -0.330. The molecule has 2 rings (SSSR count). The SMILES string of the molecule is CC1(C)CCCCCC1(O)O.CC1CCCCCC1(O)O. The van der Waals surface area contributed by atoms with E-state index in [1.54, 1.807) is 0 Å². The predicted octanol–water partition coefficient (Wildman–Crippen LogP) is 2.93. The van der Waals surface area contributed by atoms with Gasteiger partial charge in [-0.05, 0) is 25.7 Å². The summed E-state index contributed by atoms with van der Waals surface area (Å²) in [5.74, 6) is -2.77. The molecule has 0 aromatic rings. The van der Waals surface area contributed by atoms with Crippen LogP contribution in [0.1, 0.15) is 85.0 Å². The minimum atomic E-state index is -1.44. The highest BCUT2D eigenvalue weighted by molar-refractivity contribution is 4.86. The summed E-state index contributed by atoms with van der Waals surface area (Å²) in [6.07, 6.45) is 9.38. The third-order valence-corrected chi connectivity index (χ3v) is 5.38. The van der Waals surface area contributed by atoms with Gasteiger partial charge in [-0.25, -0.2) is 0 Å². The number of hydrogen-bond acceptors (Lipinski definition) is 4. The Morgan fingerprint density at radius 2 is 1.24 bits per heavy atom. The zero-order valence-corrected chi connectivity index (χ0v) is 13.9. The predicted molar refractivity (Wildman–Crippen MR) is 83.5 cm³/mol. The van der Waals surface area contributed by atoms with Crippen molar-refractivity contribution in [3.05, 3.63) is 0 Å². The fourth-order valence-corrected chi connectivity index (χ4v) is 3.14. The van der Waals surface area contributed by atoms with Gasteiger partial charge in [-0.1, -0.05) is 46.5 Å². The molecule has 126 valence electrons. The molecule has 0 heterocycles. The van der Waals surface area contributed by atoms with E-state index in [1.807, 2.05) is 20.8 Å². The second-order valence-electron chi connectivity index (χ2n) is 7.64. The lowest BCUT2D eigenvalue weighted by molar-refractivity contribution is -0.235. The first kappa shape index (κ1) is 18.9. The van der Waals surface area contributed by atoms with E-state index in [0.717, 1.165) is 51.4 Å². The molecule has 0 aromatic carbocycles. The topological polar surface area (TPSA) is 80.9 Å². The highest BCUT2D eigenvalue weighted by Crippen LogP contribution is 2.40. The van der Waals surface area contributed by atoms with Crippen LogP contribution in [0.2, 0.25) is 0 Å². The summed E-state index contributed by atoms with van der Waals surface area (Å²) >= 11 is 0. The van der Waals surface area contributed by atoms with E-state index in [-0.39, 0.29) is 11.3 Å². The minimum Gasteiger partial charge on any atom is -0.365 e. The van der Waals surface area contributed by atoms with E-state index in [1.165, 1.54) is 0 Å². The lowest BCUT2D eigenvalue weighted by Gasteiger charge is -2.36. The molecule has 0 bridgehead atoms. The summed E-state index contributed by atoms with van der Waals surface area (Å²) in [6.45, 7) is 5.77. The molecule has 0 aromatic heterocycles. The molecule has 2 aliphatic carbocycles. The average molecular weight is 302 g/mol. The maximum atomic E-state index is 9.64. The van der Waals surface area contributed by atoms with E-state index in [4.69, 9.17) is 0 Å². The van der Waals surface area contributed by atoms with Gasteiger partial charge in [0.05, 0.1) is 0 Å². The lowest BCUT2D eigenvalue weighted by Crippen LogP contribution is -2.43. The van der Waals surface area contributed by atoms with Gasteiger partial charge in [-0.3, -0.25) is 0 Å². The molecule has 0 aliphatic heterocycles. The van der Waals surface area contributed by atoms with Crippen LogP contribution in [-0.4, -0.2) is 32.0 Å². The monoisotopic (exact) mass is 302 g/mol. The second-order valence-corrected chi connectivity index (χ2v) is 7.64. The van der Waals surface area contributed by atoms with Crippen LogP contribution in [0.5, 0.6) is 0 Å². The zero-order valence-electron chi connectivity index (χ0n) is 13.9. The molecule has 1 atom stereocenters. The van der Waals surface area contributed by atoms with Gasteiger partial charge in [0.2, 0.25) is 0 Å². The third-order valence-electron chi connectivity index (χ3n) is 5.38. The van der Waals surface area contributed by atoms with Crippen molar-refractivity contribution < 1.29 is 20.4 Å². The number of rotatable bonds is 0. The van der Waals surface area contributed by atoms with Crippen molar-refractivity contribution in [1.82, 2.24) is 0 Å². The molecule has 21 heavy (non-hydrogen) atoms. The van der Waals surface area contributed by atoms with Gasteiger partial charge in [-0.2, -0.15) is 0 Å². The molecule has 2 fully saturated rings. The lowest BCUT2D eigenvalue weighted by atomic mass is 9.79. The Hall–Kier alpha value is -0.160. The molecule has 0 radical (unpaired) electrons. The van der Waals surface area contributed by atoms with Gasteiger partial charge in [0.15, 0.2) is 11.6 Å². The van der Waals surface area contributed by atoms with Gasteiger partial charge in [0.25, 0.3) is 0 Å². The summed E-state index contributed by atoms with van der Waals surface area (Å²) in [5, 5.41) is 38.0. The average Bonchev–Trinajstić information content (AvgIpc) is 2.58. The van der Waals surface area contributed by atoms with Crippen molar-refractivity contribution in [3.63, 3.8) is 0 Å². The first-order valence-electron chi connectivity index (χ1n) is 8.48. The maximum absolute atomic E-state index is 9.64. The van der Waals surface area contributed by atoms with Gasteiger partial charge >= 0.3 is 0 Å². The van der Waals surface area contributed by atoms with Crippen LogP contribution >= 0.6 is 0 Å². The van der Waals surface area contributed by atoms with Crippen LogP contribution in [0.3, 0.4) is 0 Å².